The Bertz CT molecular complexity index is 4140. The molecule has 32 heteroatoms. The molecule has 12 N–H and O–H groups in total. The number of aromatic nitrogens is 7. The molecule has 0 unspecified atom stereocenters. The topological polar surface area (TPSA) is 403 Å². The van der Waals surface area contributed by atoms with Crippen molar-refractivity contribution in [2.24, 2.45) is 17.4 Å². The lowest BCUT2D eigenvalue weighted by Gasteiger charge is -2.29. The minimum Gasteiger partial charge on any atom is -0.508 e. The Morgan fingerprint density at radius 1 is 0.685 bits per heavy atom. The van der Waals surface area contributed by atoms with Crippen LogP contribution in [0.4, 0.5) is 4.79 Å². The van der Waals surface area contributed by atoms with E-state index >= 15 is 4.79 Å². The number of aromatic hydroxyl groups is 1. The van der Waals surface area contributed by atoms with Crippen molar-refractivity contribution in [3.8, 4) is 49.1 Å². The standard InChI is InChI=1S/C57H52N14O12S6/c1-24-39(83-57(82)60-28(17-72)18-73)16-71-44(24)55-68-38(23-88-55)52-64-34(19-85-52)42-30(12-13-31(61-42)51-65-35(20-86-51)46(59)77)50-66-36(21-84-50)47(78)62-32(15-40(58)75)53-70-41(25(2)89-53)49(80)69-43(45(76)27-6-4-3-5-7-27)54-67-37(22-87-54)48(79)63-33(56(71)81)14-26-8-10-29(74)11-9-26/h3-13,19-24,28,32-33,39,43-45,72-74,76H,14-18H2,1-2H3,(H2,58,75)(H2,59,77)(H,60,82)(H,62,78)(H,63,79)(H,69,80)/t24-,32-,33-,39-,43-,44+,45+/m0/s1. The number of aliphatic hydroxyl groups excluding tert-OH is 3. The highest BCUT2D eigenvalue weighted by molar-refractivity contribution is 7.15. The average molecular weight is 1320 g/mol. The van der Waals surface area contributed by atoms with Crippen LogP contribution in [-0.2, 0) is 20.7 Å². The van der Waals surface area contributed by atoms with Gasteiger partial charge in [-0.2, -0.15) is 0 Å². The number of nitrogens with zero attached hydrogens (tertiary/aromatic N) is 8. The van der Waals surface area contributed by atoms with Crippen LogP contribution in [0.3, 0.4) is 0 Å². The number of rotatable bonds is 12. The molecule has 0 radical (unpaired) electrons. The number of hydrogen-bond donors (Lipinski definition) is 10. The quantitative estimate of drug-likeness (QED) is 0.0724. The fourth-order valence-corrected chi connectivity index (χ4v) is 15.2. The smallest absolute Gasteiger partial charge is 0.407 e. The van der Waals surface area contributed by atoms with Crippen LogP contribution >= 0.6 is 68.0 Å². The van der Waals surface area contributed by atoms with E-state index in [4.69, 9.17) is 36.1 Å². The first-order valence-corrected chi connectivity index (χ1v) is 32.3. The lowest BCUT2D eigenvalue weighted by Crippen LogP contribution is -2.50. The van der Waals surface area contributed by atoms with E-state index < -0.39 is 110 Å². The van der Waals surface area contributed by atoms with Crippen molar-refractivity contribution in [3.05, 3.63) is 147 Å². The number of carbonyl (C=O) groups excluding carboxylic acids is 7. The number of pyridine rings is 1. The molecule has 2 aliphatic rings. The second-order valence-corrected chi connectivity index (χ2v) is 26.1. The molecule has 11 rings (SSSR count). The lowest BCUT2D eigenvalue weighted by atomic mass is 10.00. The van der Waals surface area contributed by atoms with Crippen LogP contribution in [0.2, 0.25) is 0 Å². The number of alkyl carbamates (subject to hydrolysis) is 1. The number of benzene rings is 2. The number of aliphatic hydroxyl groups is 3. The van der Waals surface area contributed by atoms with E-state index in [-0.39, 0.29) is 51.5 Å². The zero-order chi connectivity index (χ0) is 62.8. The van der Waals surface area contributed by atoms with Crippen LogP contribution in [0, 0.1) is 12.8 Å². The molecule has 7 amide bonds. The Labute approximate surface area is 528 Å². The van der Waals surface area contributed by atoms with Gasteiger partial charge in [-0.15, -0.1) is 68.0 Å². The SMILES string of the molecule is Cc1sc2nc1C(=O)N[C@@H]([C@H](O)c1ccccc1)c1nc(cs1)C(=O)N[C@@H](Cc1ccc(O)cc1)C(=O)N1C[C@H](OC(=O)NC(CO)CO)[C@H](C)[C@@H]1c1nc(cs1)-c1nc(cs1)-c1nc(-c3nc(C(N)=O)cs3)ccc1-c1nc(cs1)C(=O)N[C@H]2CC(N)=O. The van der Waals surface area contributed by atoms with Crippen molar-refractivity contribution in [1.29, 1.82) is 0 Å². The highest BCUT2D eigenvalue weighted by atomic mass is 32.1. The number of amides is 7. The van der Waals surface area contributed by atoms with Gasteiger partial charge in [0.15, 0.2) is 0 Å². The van der Waals surface area contributed by atoms with Gasteiger partial charge in [-0.3, -0.25) is 28.8 Å². The van der Waals surface area contributed by atoms with Gasteiger partial charge in [0.2, 0.25) is 11.8 Å². The van der Waals surface area contributed by atoms with E-state index in [1.165, 1.54) is 55.8 Å². The summed E-state index contributed by atoms with van der Waals surface area (Å²) >= 11 is 6.65. The molecule has 0 saturated carbocycles. The van der Waals surface area contributed by atoms with Gasteiger partial charge in [0, 0.05) is 49.7 Å². The maximum absolute atomic E-state index is 15.5. The molecule has 89 heavy (non-hydrogen) atoms. The van der Waals surface area contributed by atoms with E-state index in [1.54, 1.807) is 79.2 Å². The number of fused-ring (bicyclic) bond motifs is 16. The van der Waals surface area contributed by atoms with Gasteiger partial charge in [0.05, 0.1) is 50.0 Å². The minimum absolute atomic E-state index is 0.0357. The summed E-state index contributed by atoms with van der Waals surface area (Å²) in [6.45, 7) is 1.98. The third kappa shape index (κ3) is 13.4. The Hall–Kier alpha value is -8.86. The molecule has 2 aromatic carbocycles. The molecule has 9 heterocycles. The van der Waals surface area contributed by atoms with Crippen LogP contribution in [0.5, 0.6) is 5.75 Å². The number of phenols is 1. The summed E-state index contributed by atoms with van der Waals surface area (Å²) in [4.78, 5) is 132. The predicted molar refractivity (Wildman–Crippen MR) is 330 cm³/mol. The Kier molecular flexibility index (Phi) is 18.4. The zero-order valence-electron chi connectivity index (χ0n) is 46.6. The van der Waals surface area contributed by atoms with Gasteiger partial charge in [-0.25, -0.2) is 39.7 Å². The molecule has 9 aromatic rings. The number of carbonyl (C=O) groups is 7. The van der Waals surface area contributed by atoms with Gasteiger partial charge < -0.3 is 62.8 Å². The first-order chi connectivity index (χ1) is 42.8. The molecule has 10 bridgehead atoms. The lowest BCUT2D eigenvalue weighted by molar-refractivity contribution is -0.134. The molecule has 7 aromatic heterocycles. The van der Waals surface area contributed by atoms with Gasteiger partial charge in [0.1, 0.15) is 99.9 Å². The molecule has 458 valence electrons. The van der Waals surface area contributed by atoms with Gasteiger partial charge in [-0.05, 0) is 42.3 Å². The summed E-state index contributed by atoms with van der Waals surface area (Å²) in [7, 11) is 0. The van der Waals surface area contributed by atoms with E-state index in [9.17, 15) is 49.2 Å². The van der Waals surface area contributed by atoms with Crippen molar-refractivity contribution < 1.29 is 58.7 Å². The molecular formula is C57H52N14O12S6. The molecule has 2 aliphatic heterocycles. The average Bonchev–Trinajstić information content (AvgIpc) is 2.53. The van der Waals surface area contributed by atoms with Crippen LogP contribution in [0.15, 0.2) is 93.6 Å². The Balaban J connectivity index is 1.03. The summed E-state index contributed by atoms with van der Waals surface area (Å²) in [6, 6.07) is 12.1. The van der Waals surface area contributed by atoms with Crippen LogP contribution in [-0.4, -0.2) is 140 Å². The summed E-state index contributed by atoms with van der Waals surface area (Å²) < 4.78 is 5.92. The molecule has 26 nitrogen and oxygen atoms in total. The number of primary amides is 2. The predicted octanol–water partition coefficient (Wildman–Crippen LogP) is 5.47. The highest BCUT2D eigenvalue weighted by Gasteiger charge is 2.48. The Morgan fingerprint density at radius 2 is 1.33 bits per heavy atom. The Morgan fingerprint density at radius 3 is 2.04 bits per heavy atom. The largest absolute Gasteiger partial charge is 0.508 e. The number of thiazole rings is 6. The maximum atomic E-state index is 15.5. The number of nitrogens with two attached hydrogens (primary N) is 2. The molecule has 1 saturated heterocycles. The van der Waals surface area contributed by atoms with E-state index in [2.05, 4.69) is 36.2 Å². The van der Waals surface area contributed by atoms with E-state index in [1.807, 2.05) is 0 Å². The second kappa shape index (κ2) is 26.5. The van der Waals surface area contributed by atoms with Crippen LogP contribution in [0.1, 0.15) is 111 Å². The normalized spacial score (nSPS) is 19.2. The second-order valence-electron chi connectivity index (χ2n) is 20.5. The third-order valence-corrected chi connectivity index (χ3v) is 20.0. The minimum atomic E-state index is -1.45. The van der Waals surface area contributed by atoms with Crippen molar-refractivity contribution in [2.45, 2.75) is 69.1 Å². The fourth-order valence-electron chi connectivity index (χ4n) is 9.93. The number of hydrogen-bond acceptors (Lipinski definition) is 25. The molecule has 1 fully saturated rings. The highest BCUT2D eigenvalue weighted by Crippen LogP contribution is 2.44. The first kappa shape index (κ1) is 61.8. The molecule has 0 spiro atoms. The zero-order valence-corrected chi connectivity index (χ0v) is 51.5. The number of nitrogens with one attached hydrogen (secondary N) is 4. The van der Waals surface area contributed by atoms with Crippen LogP contribution < -0.4 is 32.7 Å². The molecular weight excluding hydrogens is 1270 g/mol. The number of phenolic OH excluding ortho intramolecular Hbond substituents is 1. The van der Waals surface area contributed by atoms with Crippen molar-refractivity contribution in [1.82, 2.24) is 61.1 Å². The molecule has 0 aliphatic carbocycles. The van der Waals surface area contributed by atoms with Crippen molar-refractivity contribution >= 4 is 110 Å². The third-order valence-electron chi connectivity index (χ3n) is 14.5. The summed E-state index contributed by atoms with van der Waals surface area (Å²) in [5, 5.41) is 62.4. The first-order valence-electron chi connectivity index (χ1n) is 27.1. The van der Waals surface area contributed by atoms with E-state index in [0.717, 1.165) is 45.3 Å². The number of aryl methyl sites for hydroxylation is 1. The maximum Gasteiger partial charge on any atom is 0.407 e. The van der Waals surface area contributed by atoms with Crippen molar-refractivity contribution in [3.63, 3.8) is 0 Å². The summed E-state index contributed by atoms with van der Waals surface area (Å²) in [6.07, 6.45) is -3.97. The van der Waals surface area contributed by atoms with Crippen LogP contribution in [0.25, 0.3) is 43.4 Å². The fraction of sp³-hybridized carbons (Fsp3) is 0.263. The van der Waals surface area contributed by atoms with Gasteiger partial charge >= 0.3 is 6.09 Å². The monoisotopic (exact) mass is 1320 g/mol. The summed E-state index contributed by atoms with van der Waals surface area (Å²) in [5.74, 6) is -5.18. The number of ether oxygens (including phenoxy) is 1. The van der Waals surface area contributed by atoms with Gasteiger partial charge in [-0.1, -0.05) is 49.4 Å². The summed E-state index contributed by atoms with van der Waals surface area (Å²) in [5.41, 5.74) is 13.7. The molecule has 7 atom stereocenters. The van der Waals surface area contributed by atoms with E-state index in [0.29, 0.717) is 64.4 Å². The van der Waals surface area contributed by atoms with Crippen molar-refractivity contribution in [2.75, 3.05) is 19.8 Å². The van der Waals surface area contributed by atoms with Gasteiger partial charge in [0.25, 0.3) is 23.6 Å².